The Hall–Kier alpha value is -2.24. The lowest BCUT2D eigenvalue weighted by atomic mass is 9.82. The molecule has 0 heterocycles. The van der Waals surface area contributed by atoms with E-state index in [4.69, 9.17) is 9.47 Å². The second-order valence-electron chi connectivity index (χ2n) is 7.60. The summed E-state index contributed by atoms with van der Waals surface area (Å²) in [6, 6.07) is 4.91. The molecule has 0 aliphatic heterocycles. The smallest absolute Gasteiger partial charge is 0.313 e. The largest absolute Gasteiger partial charge is 0.493 e. The number of hydrogen-bond acceptors (Lipinski definition) is 4. The highest BCUT2D eigenvalue weighted by Crippen LogP contribution is 2.30. The van der Waals surface area contributed by atoms with Gasteiger partial charge in [-0.3, -0.25) is 9.59 Å². The van der Waals surface area contributed by atoms with E-state index < -0.39 is 17.4 Å². The summed E-state index contributed by atoms with van der Waals surface area (Å²) in [7, 11) is 3.03. The van der Waals surface area contributed by atoms with Crippen molar-refractivity contribution >= 4 is 17.5 Å². The van der Waals surface area contributed by atoms with Crippen molar-refractivity contribution in [2.24, 2.45) is 5.41 Å². The number of methoxy groups -OCH3 is 2. The molecule has 2 N–H and O–H groups in total. The Labute approximate surface area is 143 Å². The average molecular weight is 336 g/mol. The fraction of sp³-hybridized carbons (Fsp3) is 0.556. The molecule has 2 amide bonds. The Morgan fingerprint density at radius 1 is 0.958 bits per heavy atom. The summed E-state index contributed by atoms with van der Waals surface area (Å²) < 4.78 is 10.3. The Bertz CT molecular complexity index is 604. The third kappa shape index (κ3) is 6.10. The normalized spacial score (nSPS) is 11.6. The quantitative estimate of drug-likeness (QED) is 0.811. The lowest BCUT2D eigenvalue weighted by Crippen LogP contribution is -2.49. The molecule has 0 radical (unpaired) electrons. The summed E-state index contributed by atoms with van der Waals surface area (Å²) in [5.41, 5.74) is 0.0161. The average Bonchev–Trinajstić information content (AvgIpc) is 2.43. The van der Waals surface area contributed by atoms with Crippen molar-refractivity contribution in [2.45, 2.75) is 46.6 Å². The van der Waals surface area contributed by atoms with Crippen molar-refractivity contribution in [1.82, 2.24) is 5.32 Å². The minimum atomic E-state index is -0.718. The first-order valence-corrected chi connectivity index (χ1v) is 7.83. The zero-order valence-corrected chi connectivity index (χ0v) is 15.6. The van der Waals surface area contributed by atoms with Gasteiger partial charge in [-0.25, -0.2) is 0 Å². The lowest BCUT2D eigenvalue weighted by Gasteiger charge is -2.33. The Balaban J connectivity index is 2.76. The zero-order chi connectivity index (χ0) is 18.5. The number of nitrogens with one attached hydrogen (secondary N) is 2. The summed E-state index contributed by atoms with van der Waals surface area (Å²) in [4.78, 5) is 24.3. The van der Waals surface area contributed by atoms with Crippen LogP contribution >= 0.6 is 0 Å². The maximum atomic E-state index is 12.1. The lowest BCUT2D eigenvalue weighted by molar-refractivity contribution is -0.137. The highest BCUT2D eigenvalue weighted by atomic mass is 16.5. The highest BCUT2D eigenvalue weighted by molar-refractivity contribution is 6.39. The Morgan fingerprint density at radius 2 is 1.54 bits per heavy atom. The van der Waals surface area contributed by atoms with Crippen LogP contribution in [0.15, 0.2) is 18.2 Å². The van der Waals surface area contributed by atoms with E-state index in [1.807, 2.05) is 13.8 Å². The van der Waals surface area contributed by atoms with Gasteiger partial charge in [0.2, 0.25) is 0 Å². The first-order valence-electron chi connectivity index (χ1n) is 7.83. The van der Waals surface area contributed by atoms with Gasteiger partial charge in [0.1, 0.15) is 0 Å². The minimum absolute atomic E-state index is 0.0383. The topological polar surface area (TPSA) is 76.7 Å². The summed E-state index contributed by atoms with van der Waals surface area (Å²) in [5.74, 6) is -0.363. The van der Waals surface area contributed by atoms with Gasteiger partial charge in [-0.1, -0.05) is 20.8 Å². The van der Waals surface area contributed by atoms with Crippen LogP contribution in [0, 0.1) is 5.41 Å². The van der Waals surface area contributed by atoms with Crippen LogP contribution < -0.4 is 20.1 Å². The van der Waals surface area contributed by atoms with Gasteiger partial charge in [-0.15, -0.1) is 0 Å². The SMILES string of the molecule is COc1ccc(NC(=O)C(=O)NC(C)(C)CC(C)(C)C)cc1OC. The summed E-state index contributed by atoms with van der Waals surface area (Å²) in [6.07, 6.45) is 0.745. The third-order valence-corrected chi connectivity index (χ3v) is 3.27. The predicted molar refractivity (Wildman–Crippen MR) is 94.5 cm³/mol. The van der Waals surface area contributed by atoms with E-state index in [0.717, 1.165) is 6.42 Å². The molecular weight excluding hydrogens is 308 g/mol. The predicted octanol–water partition coefficient (Wildman–Crippen LogP) is 2.97. The molecule has 134 valence electrons. The second-order valence-corrected chi connectivity index (χ2v) is 7.60. The van der Waals surface area contributed by atoms with E-state index in [1.54, 1.807) is 18.2 Å². The van der Waals surface area contributed by atoms with E-state index in [0.29, 0.717) is 17.2 Å². The summed E-state index contributed by atoms with van der Waals surface area (Å²) >= 11 is 0. The number of carbonyl (C=O) groups excluding carboxylic acids is 2. The monoisotopic (exact) mass is 336 g/mol. The van der Waals surface area contributed by atoms with E-state index >= 15 is 0 Å². The number of carbonyl (C=O) groups is 2. The summed E-state index contributed by atoms with van der Waals surface area (Å²) in [6.45, 7) is 10.1. The molecule has 0 spiro atoms. The maximum Gasteiger partial charge on any atom is 0.313 e. The van der Waals surface area contributed by atoms with Crippen LogP contribution in [-0.2, 0) is 9.59 Å². The number of amides is 2. The van der Waals surface area contributed by atoms with Crippen LogP contribution in [0.1, 0.15) is 41.0 Å². The third-order valence-electron chi connectivity index (χ3n) is 3.27. The molecule has 1 rings (SSSR count). The first kappa shape index (κ1) is 19.8. The van der Waals surface area contributed by atoms with Crippen LogP contribution in [0.3, 0.4) is 0 Å². The molecule has 6 nitrogen and oxygen atoms in total. The van der Waals surface area contributed by atoms with Crippen molar-refractivity contribution < 1.29 is 19.1 Å². The van der Waals surface area contributed by atoms with Crippen LogP contribution in [-0.4, -0.2) is 31.6 Å². The van der Waals surface area contributed by atoms with E-state index in [-0.39, 0.29) is 5.41 Å². The van der Waals surface area contributed by atoms with E-state index in [2.05, 4.69) is 31.4 Å². The van der Waals surface area contributed by atoms with E-state index in [9.17, 15) is 9.59 Å². The number of ether oxygens (including phenoxy) is 2. The van der Waals surface area contributed by atoms with Gasteiger partial charge < -0.3 is 20.1 Å². The van der Waals surface area contributed by atoms with Gasteiger partial charge in [-0.2, -0.15) is 0 Å². The van der Waals surface area contributed by atoms with Crippen LogP contribution in [0.2, 0.25) is 0 Å². The zero-order valence-electron chi connectivity index (χ0n) is 15.6. The molecule has 0 bridgehead atoms. The van der Waals surface area contributed by atoms with Crippen molar-refractivity contribution in [1.29, 1.82) is 0 Å². The molecular formula is C18H28N2O4. The maximum absolute atomic E-state index is 12.1. The Morgan fingerprint density at radius 3 is 2.04 bits per heavy atom. The molecule has 1 aromatic rings. The highest BCUT2D eigenvalue weighted by Gasteiger charge is 2.29. The van der Waals surface area contributed by atoms with Crippen LogP contribution in [0.4, 0.5) is 5.69 Å². The fourth-order valence-corrected chi connectivity index (χ4v) is 2.84. The van der Waals surface area contributed by atoms with Crippen LogP contribution in [0.5, 0.6) is 11.5 Å². The number of hydrogen-bond donors (Lipinski definition) is 2. The fourth-order valence-electron chi connectivity index (χ4n) is 2.84. The van der Waals surface area contributed by atoms with Gasteiger partial charge in [-0.05, 0) is 37.8 Å². The van der Waals surface area contributed by atoms with Gasteiger partial charge in [0.15, 0.2) is 11.5 Å². The molecule has 0 saturated carbocycles. The molecule has 6 heteroatoms. The van der Waals surface area contributed by atoms with Crippen molar-refractivity contribution in [2.75, 3.05) is 19.5 Å². The van der Waals surface area contributed by atoms with Gasteiger partial charge in [0, 0.05) is 17.3 Å². The number of benzene rings is 1. The second kappa shape index (κ2) is 7.55. The molecule has 0 aliphatic carbocycles. The van der Waals surface area contributed by atoms with Gasteiger partial charge >= 0.3 is 11.8 Å². The Kier molecular flexibility index (Phi) is 6.23. The summed E-state index contributed by atoms with van der Waals surface area (Å²) in [5, 5.41) is 5.34. The van der Waals surface area contributed by atoms with Crippen molar-refractivity contribution in [3.63, 3.8) is 0 Å². The van der Waals surface area contributed by atoms with Gasteiger partial charge in [0.25, 0.3) is 0 Å². The molecule has 0 saturated heterocycles. The molecule has 24 heavy (non-hydrogen) atoms. The molecule has 0 aromatic heterocycles. The molecule has 0 atom stereocenters. The number of rotatable bonds is 5. The minimum Gasteiger partial charge on any atom is -0.493 e. The molecule has 0 fully saturated rings. The molecule has 1 aromatic carbocycles. The molecule has 0 aliphatic rings. The first-order chi connectivity index (χ1) is 11.0. The van der Waals surface area contributed by atoms with Crippen LogP contribution in [0.25, 0.3) is 0 Å². The standard InChI is InChI=1S/C18H28N2O4/c1-17(2,3)11-18(4,5)20-16(22)15(21)19-12-8-9-13(23-6)14(10-12)24-7/h8-10H,11H2,1-7H3,(H,19,21)(H,20,22). The van der Waals surface area contributed by atoms with Crippen molar-refractivity contribution in [3.8, 4) is 11.5 Å². The van der Waals surface area contributed by atoms with E-state index in [1.165, 1.54) is 14.2 Å². The number of anilines is 1. The molecule has 0 unspecified atom stereocenters. The van der Waals surface area contributed by atoms with Gasteiger partial charge in [0.05, 0.1) is 14.2 Å². The van der Waals surface area contributed by atoms with Crippen molar-refractivity contribution in [3.05, 3.63) is 18.2 Å².